The van der Waals surface area contributed by atoms with E-state index in [9.17, 15) is 18.0 Å². The molecule has 6 nitrogen and oxygen atoms in total. The summed E-state index contributed by atoms with van der Waals surface area (Å²) < 4.78 is 41.8. The molecule has 1 aromatic carbocycles. The third-order valence-electron chi connectivity index (χ3n) is 4.91. The molecule has 2 aliphatic rings. The van der Waals surface area contributed by atoms with Gasteiger partial charge in [0.25, 0.3) is 5.91 Å². The Labute approximate surface area is 163 Å². The monoisotopic (exact) mass is 409 g/mol. The fourth-order valence-electron chi connectivity index (χ4n) is 3.31. The van der Waals surface area contributed by atoms with Gasteiger partial charge < -0.3 is 9.80 Å². The number of anilines is 1. The zero-order valence-corrected chi connectivity index (χ0v) is 16.1. The summed E-state index contributed by atoms with van der Waals surface area (Å²) in [5, 5.41) is 4.56. The number of thiazole rings is 1. The fourth-order valence-corrected chi connectivity index (χ4v) is 4.22. The van der Waals surface area contributed by atoms with Crippen LogP contribution in [0.25, 0.3) is 10.2 Å². The molecule has 0 atom stereocenters. The Bertz CT molecular complexity index is 956. The first-order valence-corrected chi connectivity index (χ1v) is 9.58. The first-order chi connectivity index (χ1) is 13.3. The first-order valence-electron chi connectivity index (χ1n) is 8.76. The molecule has 0 bridgehead atoms. The number of likely N-dealkylation sites (N-methyl/N-ethyl adjacent to an activating group) is 1. The SMILES string of the molecule is C/C(=C1/C(=O)N(c2nc3ccccc3s2)N=C1C(F)(F)F)N1CCN(C)CC1. The lowest BCUT2D eigenvalue weighted by Gasteiger charge is -2.35. The molecule has 0 N–H and O–H groups in total. The maximum Gasteiger partial charge on any atom is 0.436 e. The molecule has 2 aliphatic heterocycles. The zero-order valence-electron chi connectivity index (χ0n) is 15.3. The van der Waals surface area contributed by atoms with Crippen LogP contribution in [0, 0.1) is 0 Å². The number of amides is 1. The van der Waals surface area contributed by atoms with E-state index in [1.165, 1.54) is 0 Å². The zero-order chi connectivity index (χ0) is 20.1. The highest BCUT2D eigenvalue weighted by atomic mass is 32.1. The second kappa shape index (κ2) is 6.85. The summed E-state index contributed by atoms with van der Waals surface area (Å²) in [5.74, 6) is -0.789. The van der Waals surface area contributed by atoms with Crippen LogP contribution in [0.1, 0.15) is 6.92 Å². The number of benzene rings is 1. The summed E-state index contributed by atoms with van der Waals surface area (Å²) in [4.78, 5) is 21.2. The van der Waals surface area contributed by atoms with E-state index in [1.54, 1.807) is 25.1 Å². The minimum atomic E-state index is -4.73. The van der Waals surface area contributed by atoms with Crippen molar-refractivity contribution in [2.45, 2.75) is 13.1 Å². The maximum absolute atomic E-state index is 13.7. The fraction of sp³-hybridized carbons (Fsp3) is 0.389. The number of allylic oxidation sites excluding steroid dienone is 1. The van der Waals surface area contributed by atoms with Crippen molar-refractivity contribution >= 4 is 38.3 Å². The second-order valence-electron chi connectivity index (χ2n) is 6.78. The number of halogens is 3. The Morgan fingerprint density at radius 3 is 2.46 bits per heavy atom. The van der Waals surface area contributed by atoms with Gasteiger partial charge >= 0.3 is 6.18 Å². The van der Waals surface area contributed by atoms with Crippen molar-refractivity contribution in [3.05, 3.63) is 35.5 Å². The number of hydrazone groups is 1. The van der Waals surface area contributed by atoms with E-state index in [-0.39, 0.29) is 5.13 Å². The molecule has 0 radical (unpaired) electrons. The van der Waals surface area contributed by atoms with Crippen molar-refractivity contribution in [3.8, 4) is 0 Å². The summed E-state index contributed by atoms with van der Waals surface area (Å²) in [6.07, 6.45) is -4.73. The van der Waals surface area contributed by atoms with Gasteiger partial charge in [-0.2, -0.15) is 23.3 Å². The number of alkyl halides is 3. The highest BCUT2D eigenvalue weighted by Crippen LogP contribution is 2.36. The van der Waals surface area contributed by atoms with Gasteiger partial charge in [-0.1, -0.05) is 23.5 Å². The Hall–Kier alpha value is -2.46. The van der Waals surface area contributed by atoms with Gasteiger partial charge in [0.05, 0.1) is 15.8 Å². The van der Waals surface area contributed by atoms with Crippen molar-refractivity contribution < 1.29 is 18.0 Å². The van der Waals surface area contributed by atoms with E-state index in [0.29, 0.717) is 24.3 Å². The number of nitrogens with zero attached hydrogens (tertiary/aromatic N) is 5. The molecule has 0 spiro atoms. The Morgan fingerprint density at radius 2 is 1.82 bits per heavy atom. The summed E-state index contributed by atoms with van der Waals surface area (Å²) in [6.45, 7) is 4.12. The van der Waals surface area contributed by atoms with Crippen molar-refractivity contribution in [1.29, 1.82) is 0 Å². The lowest BCUT2D eigenvalue weighted by molar-refractivity contribution is -0.114. The molecular weight excluding hydrogens is 391 g/mol. The van der Waals surface area contributed by atoms with Gasteiger partial charge in [0.15, 0.2) is 5.71 Å². The number of aromatic nitrogens is 1. The molecule has 3 heterocycles. The minimum absolute atomic E-state index is 0.133. The predicted octanol–water partition coefficient (Wildman–Crippen LogP) is 3.08. The molecule has 0 saturated carbocycles. The van der Waals surface area contributed by atoms with Gasteiger partial charge in [-0.3, -0.25) is 4.79 Å². The van der Waals surface area contributed by atoms with Crippen LogP contribution in [0.2, 0.25) is 0 Å². The lowest BCUT2D eigenvalue weighted by Crippen LogP contribution is -2.44. The van der Waals surface area contributed by atoms with Crippen molar-refractivity contribution in [2.75, 3.05) is 38.2 Å². The van der Waals surface area contributed by atoms with Crippen LogP contribution < -0.4 is 5.01 Å². The summed E-state index contributed by atoms with van der Waals surface area (Å²) in [5.41, 5.74) is -0.630. The Morgan fingerprint density at radius 1 is 1.14 bits per heavy atom. The largest absolute Gasteiger partial charge is 0.436 e. The number of carbonyl (C=O) groups excluding carboxylic acids is 1. The van der Waals surface area contributed by atoms with Crippen LogP contribution in [0.15, 0.2) is 40.6 Å². The summed E-state index contributed by atoms with van der Waals surface area (Å²) in [6, 6.07) is 7.14. The van der Waals surface area contributed by atoms with Gasteiger partial charge in [-0.15, -0.1) is 0 Å². The Kier molecular flexibility index (Phi) is 4.62. The van der Waals surface area contributed by atoms with Gasteiger partial charge in [-0.25, -0.2) is 4.98 Å². The average Bonchev–Trinajstić information content (AvgIpc) is 3.22. The number of carbonyl (C=O) groups is 1. The number of hydrogen-bond acceptors (Lipinski definition) is 6. The second-order valence-corrected chi connectivity index (χ2v) is 7.79. The molecule has 0 aliphatic carbocycles. The van der Waals surface area contributed by atoms with Crippen molar-refractivity contribution in [3.63, 3.8) is 0 Å². The average molecular weight is 409 g/mol. The highest BCUT2D eigenvalue weighted by molar-refractivity contribution is 7.22. The molecule has 0 unspecified atom stereocenters. The predicted molar refractivity (Wildman–Crippen MR) is 102 cm³/mol. The van der Waals surface area contributed by atoms with Crippen LogP contribution in [0.4, 0.5) is 18.3 Å². The van der Waals surface area contributed by atoms with Gasteiger partial charge in [0.2, 0.25) is 5.13 Å². The maximum atomic E-state index is 13.7. The highest BCUT2D eigenvalue weighted by Gasteiger charge is 2.49. The third kappa shape index (κ3) is 3.26. The van der Waals surface area contributed by atoms with E-state index in [4.69, 9.17) is 0 Å². The van der Waals surface area contributed by atoms with Crippen LogP contribution >= 0.6 is 11.3 Å². The first kappa shape index (κ1) is 18.9. The summed E-state index contributed by atoms with van der Waals surface area (Å²) >= 11 is 1.14. The third-order valence-corrected chi connectivity index (χ3v) is 5.93. The van der Waals surface area contributed by atoms with E-state index < -0.39 is 23.4 Å². The summed E-state index contributed by atoms with van der Waals surface area (Å²) in [7, 11) is 1.96. The van der Waals surface area contributed by atoms with E-state index >= 15 is 0 Å². The molecular formula is C18H18F3N5OS. The van der Waals surface area contributed by atoms with Crippen molar-refractivity contribution in [1.82, 2.24) is 14.8 Å². The minimum Gasteiger partial charge on any atom is -0.372 e. The van der Waals surface area contributed by atoms with E-state index in [0.717, 1.165) is 34.1 Å². The van der Waals surface area contributed by atoms with Crippen LogP contribution in [0.5, 0.6) is 0 Å². The van der Waals surface area contributed by atoms with E-state index in [2.05, 4.69) is 15.0 Å². The molecule has 28 heavy (non-hydrogen) atoms. The Balaban J connectivity index is 1.76. The van der Waals surface area contributed by atoms with Crippen molar-refractivity contribution in [2.24, 2.45) is 5.10 Å². The number of piperazine rings is 1. The smallest absolute Gasteiger partial charge is 0.372 e. The molecule has 1 amide bonds. The number of fused-ring (bicyclic) bond motifs is 1. The van der Waals surface area contributed by atoms with Gasteiger partial charge in [0, 0.05) is 31.9 Å². The standard InChI is InChI=1S/C18H18F3N5OS/c1-11(25-9-7-24(2)8-10-25)14-15(18(19,20)21)23-26(16(14)27)17-22-12-5-3-4-6-13(12)28-17/h3-6H,7-10H2,1-2H3/b14-11-. The number of hydrogen-bond donors (Lipinski definition) is 0. The molecule has 4 rings (SSSR count). The van der Waals surface area contributed by atoms with Crippen LogP contribution in [-0.4, -0.2) is 65.8 Å². The molecule has 1 aromatic heterocycles. The van der Waals surface area contributed by atoms with Gasteiger partial charge in [0.1, 0.15) is 0 Å². The molecule has 1 saturated heterocycles. The van der Waals surface area contributed by atoms with Crippen LogP contribution in [0.3, 0.4) is 0 Å². The molecule has 10 heteroatoms. The van der Waals surface area contributed by atoms with Crippen LogP contribution in [-0.2, 0) is 4.79 Å². The quantitative estimate of drug-likeness (QED) is 0.716. The van der Waals surface area contributed by atoms with Gasteiger partial charge in [-0.05, 0) is 26.1 Å². The normalized spacial score (nSPS) is 20.9. The number of para-hydroxylation sites is 1. The topological polar surface area (TPSA) is 52.0 Å². The molecule has 148 valence electrons. The number of rotatable bonds is 2. The van der Waals surface area contributed by atoms with E-state index in [1.807, 2.05) is 18.0 Å². The molecule has 1 fully saturated rings. The lowest BCUT2D eigenvalue weighted by atomic mass is 10.1. The molecule has 2 aromatic rings.